The monoisotopic (exact) mass is 159 g/mol. The molecule has 0 atom stereocenters. The second kappa shape index (κ2) is 2.87. The van der Waals surface area contributed by atoms with Gasteiger partial charge in [0, 0.05) is 0 Å². The minimum atomic E-state index is -1.73. The zero-order valence-corrected chi connectivity index (χ0v) is 7.59. The van der Waals surface area contributed by atoms with E-state index in [-0.39, 0.29) is 0 Å². The lowest BCUT2D eigenvalue weighted by Gasteiger charge is -2.27. The molecule has 4 heteroatoms. The molecule has 0 aromatic rings. The molecule has 0 fully saturated rings. The standard InChI is InChI=1S/C6H13NO2Si/c1-5-7(6(8)9)10(2,3)4/h5H,1H2,2-4H3,(H,8,9). The Hall–Kier alpha value is -0.773. The molecule has 1 amide bonds. The highest BCUT2D eigenvalue weighted by atomic mass is 28.3. The summed E-state index contributed by atoms with van der Waals surface area (Å²) in [6.45, 7) is 9.27. The van der Waals surface area contributed by atoms with Crippen LogP contribution in [0, 0.1) is 0 Å². The molecule has 0 aliphatic carbocycles. The third-order valence-corrected chi connectivity index (χ3v) is 2.93. The number of carboxylic acid groups (broad SMARTS) is 1. The van der Waals surface area contributed by atoms with Crippen molar-refractivity contribution in [2.45, 2.75) is 19.6 Å². The van der Waals surface area contributed by atoms with Gasteiger partial charge in [-0.1, -0.05) is 26.2 Å². The summed E-state index contributed by atoms with van der Waals surface area (Å²) >= 11 is 0. The highest BCUT2D eigenvalue weighted by Gasteiger charge is 2.25. The zero-order chi connectivity index (χ0) is 8.36. The predicted molar refractivity (Wildman–Crippen MR) is 43.4 cm³/mol. The normalized spacial score (nSPS) is 10.7. The number of nitrogens with zero attached hydrogens (tertiary/aromatic N) is 1. The third kappa shape index (κ3) is 2.22. The van der Waals surface area contributed by atoms with Gasteiger partial charge in [-0.3, -0.25) is 0 Å². The average Bonchev–Trinajstić information content (AvgIpc) is 1.60. The van der Waals surface area contributed by atoms with Gasteiger partial charge in [-0.2, -0.15) is 0 Å². The number of carbonyl (C=O) groups is 1. The molecule has 58 valence electrons. The highest BCUT2D eigenvalue weighted by molar-refractivity contribution is 6.75. The molecule has 0 aromatic carbocycles. The molecule has 0 spiro atoms. The van der Waals surface area contributed by atoms with E-state index in [9.17, 15) is 4.79 Å². The molecule has 3 nitrogen and oxygen atoms in total. The van der Waals surface area contributed by atoms with Crippen LogP contribution in [0.15, 0.2) is 12.8 Å². The van der Waals surface area contributed by atoms with Crippen LogP contribution in [0.2, 0.25) is 19.6 Å². The van der Waals surface area contributed by atoms with E-state index < -0.39 is 14.3 Å². The molecule has 0 aromatic heterocycles. The molecule has 0 rings (SSSR count). The summed E-state index contributed by atoms with van der Waals surface area (Å²) in [4.78, 5) is 10.5. The van der Waals surface area contributed by atoms with Crippen LogP contribution in [0.3, 0.4) is 0 Å². The molecule has 0 saturated carbocycles. The summed E-state index contributed by atoms with van der Waals surface area (Å²) in [5.41, 5.74) is 0. The number of hydrogen-bond donors (Lipinski definition) is 1. The van der Waals surface area contributed by atoms with Gasteiger partial charge in [-0.05, 0) is 6.20 Å². The highest BCUT2D eigenvalue weighted by Crippen LogP contribution is 2.08. The van der Waals surface area contributed by atoms with Crippen molar-refractivity contribution in [3.63, 3.8) is 0 Å². The van der Waals surface area contributed by atoms with Crippen LogP contribution in [0.4, 0.5) is 4.79 Å². The zero-order valence-electron chi connectivity index (χ0n) is 6.59. The Labute approximate surface area is 62.1 Å². The SMILES string of the molecule is C=CN(C(=O)O)[Si](C)(C)C. The fraction of sp³-hybridized carbons (Fsp3) is 0.500. The molecule has 0 radical (unpaired) electrons. The summed E-state index contributed by atoms with van der Waals surface area (Å²) in [5, 5.41) is 8.60. The van der Waals surface area contributed by atoms with Gasteiger partial charge in [0.1, 0.15) is 0 Å². The molecule has 0 heterocycles. The van der Waals surface area contributed by atoms with Crippen molar-refractivity contribution in [3.05, 3.63) is 12.8 Å². The van der Waals surface area contributed by atoms with E-state index in [4.69, 9.17) is 5.11 Å². The summed E-state index contributed by atoms with van der Waals surface area (Å²) in [5.74, 6) is 0. The smallest absolute Gasteiger partial charge is 0.403 e. The van der Waals surface area contributed by atoms with Crippen LogP contribution in [0.5, 0.6) is 0 Å². The molecule has 0 aliphatic heterocycles. The first-order valence-electron chi connectivity index (χ1n) is 3.04. The Morgan fingerprint density at radius 3 is 2.00 bits per heavy atom. The molecule has 0 bridgehead atoms. The van der Waals surface area contributed by atoms with Crippen LogP contribution in [0.1, 0.15) is 0 Å². The Morgan fingerprint density at radius 1 is 1.60 bits per heavy atom. The van der Waals surface area contributed by atoms with Crippen LogP contribution >= 0.6 is 0 Å². The summed E-state index contributed by atoms with van der Waals surface area (Å²) in [6, 6.07) is 0. The number of rotatable bonds is 2. The van der Waals surface area contributed by atoms with Crippen molar-refractivity contribution in [2.24, 2.45) is 0 Å². The number of hydrogen-bond acceptors (Lipinski definition) is 1. The van der Waals surface area contributed by atoms with Gasteiger partial charge in [0.25, 0.3) is 0 Å². The first-order valence-corrected chi connectivity index (χ1v) is 6.49. The van der Waals surface area contributed by atoms with E-state index in [1.807, 2.05) is 19.6 Å². The molecule has 0 unspecified atom stereocenters. The lowest BCUT2D eigenvalue weighted by atomic mass is 10.9. The predicted octanol–water partition coefficient (Wildman–Crippen LogP) is 1.94. The van der Waals surface area contributed by atoms with Crippen molar-refractivity contribution in [1.29, 1.82) is 0 Å². The minimum absolute atomic E-state index is 0.908. The van der Waals surface area contributed by atoms with Crippen LogP contribution in [-0.2, 0) is 0 Å². The maximum Gasteiger partial charge on any atom is 0.403 e. The fourth-order valence-corrected chi connectivity index (χ4v) is 1.76. The van der Waals surface area contributed by atoms with Gasteiger partial charge in [-0.25, -0.2) is 4.79 Å². The quantitative estimate of drug-likeness (QED) is 0.625. The van der Waals surface area contributed by atoms with Gasteiger partial charge in [0.2, 0.25) is 0 Å². The third-order valence-electron chi connectivity index (χ3n) is 1.11. The largest absolute Gasteiger partial charge is 0.465 e. The van der Waals surface area contributed by atoms with Gasteiger partial charge < -0.3 is 9.67 Å². The van der Waals surface area contributed by atoms with E-state index in [1.165, 1.54) is 10.8 Å². The van der Waals surface area contributed by atoms with E-state index in [0.717, 1.165) is 0 Å². The van der Waals surface area contributed by atoms with Gasteiger partial charge in [0.15, 0.2) is 8.24 Å². The summed E-state index contributed by atoms with van der Waals surface area (Å²) < 4.78 is 1.30. The first-order chi connectivity index (χ1) is 4.39. The fourth-order valence-electron chi connectivity index (χ4n) is 0.639. The molecule has 0 aliphatic rings. The second-order valence-electron chi connectivity index (χ2n) is 3.01. The summed E-state index contributed by atoms with van der Waals surface area (Å²) in [6.07, 6.45) is 0.461. The Bertz CT molecular complexity index is 150. The van der Waals surface area contributed by atoms with Crippen LogP contribution in [-0.4, -0.2) is 24.0 Å². The maximum atomic E-state index is 10.5. The Morgan fingerprint density at radius 2 is 2.00 bits per heavy atom. The lowest BCUT2D eigenvalue weighted by molar-refractivity contribution is 0.180. The average molecular weight is 159 g/mol. The van der Waals surface area contributed by atoms with Crippen molar-refractivity contribution >= 4 is 14.3 Å². The van der Waals surface area contributed by atoms with E-state index >= 15 is 0 Å². The lowest BCUT2D eigenvalue weighted by Crippen LogP contribution is -2.45. The molecular formula is C6H13NO2Si. The van der Waals surface area contributed by atoms with Gasteiger partial charge >= 0.3 is 6.09 Å². The van der Waals surface area contributed by atoms with E-state index in [2.05, 4.69) is 6.58 Å². The van der Waals surface area contributed by atoms with Gasteiger partial charge in [0.05, 0.1) is 0 Å². The van der Waals surface area contributed by atoms with E-state index in [0.29, 0.717) is 0 Å². The maximum absolute atomic E-state index is 10.5. The van der Waals surface area contributed by atoms with Crippen LogP contribution in [0.25, 0.3) is 0 Å². The van der Waals surface area contributed by atoms with E-state index in [1.54, 1.807) is 0 Å². The van der Waals surface area contributed by atoms with Crippen molar-refractivity contribution in [3.8, 4) is 0 Å². The number of amides is 1. The first kappa shape index (κ1) is 9.23. The molecule has 0 saturated heterocycles. The Balaban J connectivity index is 4.36. The van der Waals surface area contributed by atoms with Crippen molar-refractivity contribution in [1.82, 2.24) is 4.57 Å². The van der Waals surface area contributed by atoms with Gasteiger partial charge in [-0.15, -0.1) is 0 Å². The Kier molecular flexibility index (Phi) is 2.65. The molecule has 1 N–H and O–H groups in total. The van der Waals surface area contributed by atoms with Crippen molar-refractivity contribution in [2.75, 3.05) is 0 Å². The topological polar surface area (TPSA) is 40.5 Å². The minimum Gasteiger partial charge on any atom is -0.465 e. The van der Waals surface area contributed by atoms with Crippen LogP contribution < -0.4 is 0 Å². The summed E-state index contributed by atoms with van der Waals surface area (Å²) in [7, 11) is -1.73. The molecular weight excluding hydrogens is 146 g/mol. The van der Waals surface area contributed by atoms with Crippen molar-refractivity contribution < 1.29 is 9.90 Å². The second-order valence-corrected chi connectivity index (χ2v) is 7.83. The molecule has 10 heavy (non-hydrogen) atoms.